The molecule has 0 bridgehead atoms. The van der Waals surface area contributed by atoms with Gasteiger partial charge in [0.15, 0.2) is 13.2 Å². The van der Waals surface area contributed by atoms with Crippen LogP contribution in [0.4, 0.5) is 5.69 Å². The maximum atomic E-state index is 11.9. The van der Waals surface area contributed by atoms with Crippen molar-refractivity contribution >= 4 is 23.5 Å². The lowest BCUT2D eigenvalue weighted by Gasteiger charge is -2.10. The van der Waals surface area contributed by atoms with E-state index in [0.29, 0.717) is 17.0 Å². The molecule has 0 aromatic heterocycles. The molecule has 0 spiro atoms. The summed E-state index contributed by atoms with van der Waals surface area (Å²) in [7, 11) is 0. The van der Waals surface area contributed by atoms with Gasteiger partial charge in [-0.1, -0.05) is 19.1 Å². The molecule has 0 heterocycles. The summed E-state index contributed by atoms with van der Waals surface area (Å²) < 4.78 is 15.3. The third kappa shape index (κ3) is 7.65. The number of amides is 1. The zero-order valence-electron chi connectivity index (χ0n) is 16.8. The fourth-order valence-corrected chi connectivity index (χ4v) is 2.32. The van der Waals surface area contributed by atoms with Gasteiger partial charge in [0.2, 0.25) is 0 Å². The quantitative estimate of drug-likeness (QED) is 0.650. The molecule has 0 aliphatic heterocycles. The van der Waals surface area contributed by atoms with E-state index in [-0.39, 0.29) is 12.7 Å². The van der Waals surface area contributed by atoms with E-state index < -0.39 is 24.5 Å². The predicted octanol–water partition coefficient (Wildman–Crippen LogP) is 3.37. The number of carbonyl (C=O) groups excluding carboxylic acids is 3. The van der Waals surface area contributed by atoms with Crippen molar-refractivity contribution in [3.05, 3.63) is 59.7 Å². The Morgan fingerprint density at radius 1 is 0.931 bits per heavy atom. The second kappa shape index (κ2) is 10.8. The minimum absolute atomic E-state index is 0.212. The second-order valence-corrected chi connectivity index (χ2v) is 6.53. The van der Waals surface area contributed by atoms with Gasteiger partial charge in [-0.25, -0.2) is 9.59 Å². The molecule has 0 unspecified atom stereocenters. The van der Waals surface area contributed by atoms with Gasteiger partial charge >= 0.3 is 11.9 Å². The fraction of sp³-hybridized carbons (Fsp3) is 0.318. The number of benzene rings is 2. The van der Waals surface area contributed by atoms with E-state index >= 15 is 0 Å². The molecule has 0 fully saturated rings. The number of carbonyl (C=O) groups is 3. The number of rotatable bonds is 9. The monoisotopic (exact) mass is 399 g/mol. The summed E-state index contributed by atoms with van der Waals surface area (Å²) in [6, 6.07) is 13.6. The molecule has 2 aromatic carbocycles. The standard InChI is InChI=1S/C22H25NO6/c1-4-16-5-11-19(12-6-16)27-14-21(25)28-13-20(24)23-18-9-7-17(8-10-18)22(26)29-15(2)3/h5-12,15H,4,13-14H2,1-3H3,(H,23,24). The third-order valence-corrected chi connectivity index (χ3v) is 3.80. The van der Waals surface area contributed by atoms with E-state index in [4.69, 9.17) is 14.2 Å². The van der Waals surface area contributed by atoms with Crippen LogP contribution >= 0.6 is 0 Å². The Morgan fingerprint density at radius 2 is 1.59 bits per heavy atom. The third-order valence-electron chi connectivity index (χ3n) is 3.80. The minimum atomic E-state index is -0.647. The number of esters is 2. The maximum Gasteiger partial charge on any atom is 0.344 e. The lowest BCUT2D eigenvalue weighted by Crippen LogP contribution is -2.23. The molecule has 7 heteroatoms. The van der Waals surface area contributed by atoms with Crippen molar-refractivity contribution in [1.29, 1.82) is 0 Å². The molecule has 0 aliphatic carbocycles. The number of nitrogens with one attached hydrogen (secondary N) is 1. The molecule has 1 amide bonds. The summed E-state index contributed by atoms with van der Waals surface area (Å²) >= 11 is 0. The van der Waals surface area contributed by atoms with Gasteiger partial charge in [-0.2, -0.15) is 0 Å². The lowest BCUT2D eigenvalue weighted by atomic mass is 10.2. The summed E-state index contributed by atoms with van der Waals surface area (Å²) in [5.74, 6) is -1.02. The summed E-state index contributed by atoms with van der Waals surface area (Å²) in [6.45, 7) is 4.86. The molecule has 0 radical (unpaired) electrons. The highest BCUT2D eigenvalue weighted by atomic mass is 16.6. The van der Waals surface area contributed by atoms with E-state index in [1.54, 1.807) is 50.2 Å². The Hall–Kier alpha value is -3.35. The largest absolute Gasteiger partial charge is 0.482 e. The van der Waals surface area contributed by atoms with Crippen molar-refractivity contribution in [3.63, 3.8) is 0 Å². The van der Waals surface area contributed by atoms with Crippen LogP contribution in [0, 0.1) is 0 Å². The molecule has 2 aromatic rings. The van der Waals surface area contributed by atoms with E-state index in [0.717, 1.165) is 6.42 Å². The Kier molecular flexibility index (Phi) is 8.21. The molecular formula is C22H25NO6. The van der Waals surface area contributed by atoms with Crippen LogP contribution in [0.2, 0.25) is 0 Å². The van der Waals surface area contributed by atoms with Crippen LogP contribution in [-0.2, 0) is 25.5 Å². The Morgan fingerprint density at radius 3 is 2.17 bits per heavy atom. The van der Waals surface area contributed by atoms with Crippen LogP contribution in [0.1, 0.15) is 36.7 Å². The number of anilines is 1. The van der Waals surface area contributed by atoms with E-state index in [1.807, 2.05) is 19.1 Å². The first-order valence-electron chi connectivity index (χ1n) is 9.35. The first kappa shape index (κ1) is 21.9. The molecule has 154 valence electrons. The maximum absolute atomic E-state index is 11.9. The van der Waals surface area contributed by atoms with E-state index in [1.165, 1.54) is 5.56 Å². The second-order valence-electron chi connectivity index (χ2n) is 6.53. The molecule has 0 saturated carbocycles. The highest BCUT2D eigenvalue weighted by Gasteiger charge is 2.11. The zero-order chi connectivity index (χ0) is 21.2. The average Bonchev–Trinajstić information content (AvgIpc) is 2.71. The van der Waals surface area contributed by atoms with Crippen LogP contribution < -0.4 is 10.1 Å². The van der Waals surface area contributed by atoms with Crippen LogP contribution in [-0.4, -0.2) is 37.2 Å². The SMILES string of the molecule is CCc1ccc(OCC(=O)OCC(=O)Nc2ccc(C(=O)OC(C)C)cc2)cc1. The summed E-state index contributed by atoms with van der Waals surface area (Å²) in [5.41, 5.74) is 2.02. The van der Waals surface area contributed by atoms with Crippen LogP contribution in [0.3, 0.4) is 0 Å². The van der Waals surface area contributed by atoms with Gasteiger partial charge in [0.1, 0.15) is 5.75 Å². The first-order chi connectivity index (χ1) is 13.9. The van der Waals surface area contributed by atoms with Crippen molar-refractivity contribution in [2.45, 2.75) is 33.3 Å². The molecule has 0 aliphatic rings. The van der Waals surface area contributed by atoms with Gasteiger partial charge in [-0.15, -0.1) is 0 Å². The Labute approximate surface area is 170 Å². The zero-order valence-corrected chi connectivity index (χ0v) is 16.8. The van der Waals surface area contributed by atoms with Gasteiger partial charge in [0, 0.05) is 5.69 Å². The lowest BCUT2D eigenvalue weighted by molar-refractivity contribution is -0.149. The van der Waals surface area contributed by atoms with Crippen LogP contribution in [0.15, 0.2) is 48.5 Å². The summed E-state index contributed by atoms with van der Waals surface area (Å²) in [5, 5.41) is 2.58. The van der Waals surface area contributed by atoms with Gasteiger partial charge in [-0.3, -0.25) is 4.79 Å². The summed E-state index contributed by atoms with van der Waals surface area (Å²) in [4.78, 5) is 35.4. The van der Waals surface area contributed by atoms with Crippen molar-refractivity contribution in [2.24, 2.45) is 0 Å². The highest BCUT2D eigenvalue weighted by Crippen LogP contribution is 2.13. The molecular weight excluding hydrogens is 374 g/mol. The number of aryl methyl sites for hydroxylation is 1. The van der Waals surface area contributed by atoms with Gasteiger partial charge in [-0.05, 0) is 62.2 Å². The molecule has 29 heavy (non-hydrogen) atoms. The molecule has 1 N–H and O–H groups in total. The number of ether oxygens (including phenoxy) is 3. The molecule has 7 nitrogen and oxygen atoms in total. The van der Waals surface area contributed by atoms with Gasteiger partial charge < -0.3 is 19.5 Å². The minimum Gasteiger partial charge on any atom is -0.482 e. The van der Waals surface area contributed by atoms with Gasteiger partial charge in [0.05, 0.1) is 11.7 Å². The van der Waals surface area contributed by atoms with Crippen molar-refractivity contribution < 1.29 is 28.6 Å². The highest BCUT2D eigenvalue weighted by molar-refractivity contribution is 5.94. The number of hydrogen-bond donors (Lipinski definition) is 1. The van der Waals surface area contributed by atoms with E-state index in [2.05, 4.69) is 5.32 Å². The smallest absolute Gasteiger partial charge is 0.344 e. The topological polar surface area (TPSA) is 90.9 Å². The first-order valence-corrected chi connectivity index (χ1v) is 9.35. The number of hydrogen-bond acceptors (Lipinski definition) is 6. The fourth-order valence-electron chi connectivity index (χ4n) is 2.32. The Balaban J connectivity index is 1.73. The van der Waals surface area contributed by atoms with Crippen LogP contribution in [0.5, 0.6) is 5.75 Å². The van der Waals surface area contributed by atoms with Crippen molar-refractivity contribution in [3.8, 4) is 5.75 Å². The Bertz CT molecular complexity index is 827. The predicted molar refractivity (Wildman–Crippen MR) is 108 cm³/mol. The molecule has 2 rings (SSSR count). The van der Waals surface area contributed by atoms with Crippen molar-refractivity contribution in [2.75, 3.05) is 18.5 Å². The van der Waals surface area contributed by atoms with Crippen molar-refractivity contribution in [1.82, 2.24) is 0 Å². The van der Waals surface area contributed by atoms with Gasteiger partial charge in [0.25, 0.3) is 5.91 Å². The average molecular weight is 399 g/mol. The summed E-state index contributed by atoms with van der Waals surface area (Å²) in [6.07, 6.45) is 0.707. The molecule has 0 atom stereocenters. The van der Waals surface area contributed by atoms with Crippen LogP contribution in [0.25, 0.3) is 0 Å². The normalized spacial score (nSPS) is 10.3. The van der Waals surface area contributed by atoms with E-state index in [9.17, 15) is 14.4 Å². The molecule has 0 saturated heterocycles.